The molecule has 0 saturated heterocycles. The SMILES string of the molecule is CNc1nc(-c2cn(C)nc2Br)cs1. The highest BCUT2D eigenvalue weighted by Crippen LogP contribution is 2.29. The molecular weight excluding hydrogens is 264 g/mol. The summed E-state index contributed by atoms with van der Waals surface area (Å²) in [5.41, 5.74) is 1.96. The number of nitrogens with zero attached hydrogens (tertiary/aromatic N) is 3. The van der Waals surface area contributed by atoms with Gasteiger partial charge in [0.15, 0.2) is 5.13 Å². The van der Waals surface area contributed by atoms with E-state index in [1.54, 1.807) is 16.0 Å². The highest BCUT2D eigenvalue weighted by molar-refractivity contribution is 9.10. The molecule has 0 atom stereocenters. The van der Waals surface area contributed by atoms with E-state index in [2.05, 4.69) is 31.3 Å². The zero-order chi connectivity index (χ0) is 10.1. The van der Waals surface area contributed by atoms with E-state index in [-0.39, 0.29) is 0 Å². The van der Waals surface area contributed by atoms with Crippen molar-refractivity contribution in [2.45, 2.75) is 0 Å². The van der Waals surface area contributed by atoms with Crippen LogP contribution in [0.5, 0.6) is 0 Å². The Labute approximate surface area is 94.1 Å². The van der Waals surface area contributed by atoms with Gasteiger partial charge in [-0.15, -0.1) is 11.3 Å². The first-order valence-corrected chi connectivity index (χ1v) is 5.71. The van der Waals surface area contributed by atoms with Gasteiger partial charge in [0.1, 0.15) is 4.60 Å². The molecule has 1 N–H and O–H groups in total. The lowest BCUT2D eigenvalue weighted by molar-refractivity contribution is 0.760. The molecule has 0 saturated carbocycles. The highest BCUT2D eigenvalue weighted by atomic mass is 79.9. The maximum absolute atomic E-state index is 4.40. The van der Waals surface area contributed by atoms with Crippen LogP contribution >= 0.6 is 27.3 Å². The maximum Gasteiger partial charge on any atom is 0.182 e. The number of hydrogen-bond donors (Lipinski definition) is 1. The monoisotopic (exact) mass is 272 g/mol. The Balaban J connectivity index is 2.43. The van der Waals surface area contributed by atoms with Crippen molar-refractivity contribution in [2.24, 2.45) is 7.05 Å². The summed E-state index contributed by atoms with van der Waals surface area (Å²) >= 11 is 4.98. The van der Waals surface area contributed by atoms with Gasteiger partial charge < -0.3 is 5.32 Å². The van der Waals surface area contributed by atoms with Crippen molar-refractivity contribution in [2.75, 3.05) is 12.4 Å². The van der Waals surface area contributed by atoms with Gasteiger partial charge in [0.05, 0.1) is 11.3 Å². The van der Waals surface area contributed by atoms with E-state index < -0.39 is 0 Å². The van der Waals surface area contributed by atoms with E-state index in [9.17, 15) is 0 Å². The van der Waals surface area contributed by atoms with Gasteiger partial charge in [0.25, 0.3) is 0 Å². The second-order valence-corrected chi connectivity index (χ2v) is 4.40. The van der Waals surface area contributed by atoms with Crippen LogP contribution in [0.25, 0.3) is 11.3 Å². The maximum atomic E-state index is 4.40. The van der Waals surface area contributed by atoms with Crippen molar-refractivity contribution < 1.29 is 0 Å². The lowest BCUT2D eigenvalue weighted by Gasteiger charge is -1.90. The third-order valence-corrected chi connectivity index (χ3v) is 3.22. The minimum atomic E-state index is 0.827. The standard InChI is InChI=1S/C8H9BrN4S/c1-10-8-11-6(4-14-8)5-3-13(2)12-7(5)9/h3-4H,1-2H3,(H,10,11). The van der Waals surface area contributed by atoms with Crippen LogP contribution in [0, 0.1) is 0 Å². The molecule has 0 amide bonds. The van der Waals surface area contributed by atoms with Gasteiger partial charge in [-0.2, -0.15) is 5.10 Å². The molecule has 6 heteroatoms. The smallest absolute Gasteiger partial charge is 0.182 e. The van der Waals surface area contributed by atoms with Crippen LogP contribution in [0.2, 0.25) is 0 Å². The van der Waals surface area contributed by atoms with Crippen LogP contribution in [0.3, 0.4) is 0 Å². The molecule has 0 unspecified atom stereocenters. The zero-order valence-corrected chi connectivity index (χ0v) is 10.2. The number of anilines is 1. The van der Waals surface area contributed by atoms with E-state index >= 15 is 0 Å². The van der Waals surface area contributed by atoms with Gasteiger partial charge >= 0.3 is 0 Å². The molecule has 0 aromatic carbocycles. The summed E-state index contributed by atoms with van der Waals surface area (Å²) in [6.45, 7) is 0. The Bertz CT molecular complexity index is 448. The minimum absolute atomic E-state index is 0.827. The molecule has 2 heterocycles. The van der Waals surface area contributed by atoms with Gasteiger partial charge in [-0.05, 0) is 15.9 Å². The molecule has 0 bridgehead atoms. The third-order valence-electron chi connectivity index (χ3n) is 1.78. The van der Waals surface area contributed by atoms with Gasteiger partial charge in [0, 0.05) is 25.7 Å². The summed E-state index contributed by atoms with van der Waals surface area (Å²) in [5.74, 6) is 0. The number of thiazole rings is 1. The van der Waals surface area contributed by atoms with Crippen molar-refractivity contribution in [3.8, 4) is 11.3 Å². The normalized spacial score (nSPS) is 10.5. The average molecular weight is 273 g/mol. The van der Waals surface area contributed by atoms with Crippen LogP contribution in [0.4, 0.5) is 5.13 Å². The van der Waals surface area contributed by atoms with Crippen LogP contribution in [-0.2, 0) is 7.05 Å². The average Bonchev–Trinajstić information content (AvgIpc) is 2.71. The summed E-state index contributed by atoms with van der Waals surface area (Å²) in [7, 11) is 3.75. The topological polar surface area (TPSA) is 42.7 Å². The van der Waals surface area contributed by atoms with Crippen LogP contribution in [0.1, 0.15) is 0 Å². The zero-order valence-electron chi connectivity index (χ0n) is 7.78. The number of halogens is 1. The van der Waals surface area contributed by atoms with Crippen molar-refractivity contribution in [3.05, 3.63) is 16.2 Å². The van der Waals surface area contributed by atoms with E-state index in [4.69, 9.17) is 0 Å². The highest BCUT2D eigenvalue weighted by Gasteiger charge is 2.10. The summed E-state index contributed by atoms with van der Waals surface area (Å²) in [6.07, 6.45) is 1.94. The lowest BCUT2D eigenvalue weighted by Crippen LogP contribution is -1.85. The molecule has 0 spiro atoms. The Morgan fingerprint density at radius 1 is 1.57 bits per heavy atom. The van der Waals surface area contributed by atoms with Crippen LogP contribution in [0.15, 0.2) is 16.2 Å². The molecule has 2 rings (SSSR count). The second-order valence-electron chi connectivity index (χ2n) is 2.80. The third kappa shape index (κ3) is 1.67. The fourth-order valence-corrected chi connectivity index (χ4v) is 2.37. The van der Waals surface area contributed by atoms with Gasteiger partial charge in [-0.1, -0.05) is 0 Å². The summed E-state index contributed by atoms with van der Waals surface area (Å²) in [6, 6.07) is 0. The van der Waals surface area contributed by atoms with Crippen LogP contribution < -0.4 is 5.32 Å². The van der Waals surface area contributed by atoms with E-state index in [1.807, 2.05) is 25.7 Å². The molecule has 74 valence electrons. The predicted octanol–water partition coefficient (Wildman–Crippen LogP) is 2.35. The first-order valence-electron chi connectivity index (χ1n) is 4.03. The predicted molar refractivity (Wildman–Crippen MR) is 61.6 cm³/mol. The molecule has 2 aromatic heterocycles. The number of aromatic nitrogens is 3. The molecule has 0 aliphatic heterocycles. The van der Waals surface area contributed by atoms with Crippen molar-refractivity contribution in [3.63, 3.8) is 0 Å². The Hall–Kier alpha value is -0.880. The van der Waals surface area contributed by atoms with Crippen molar-refractivity contribution in [1.82, 2.24) is 14.8 Å². The van der Waals surface area contributed by atoms with E-state index in [1.165, 1.54) is 0 Å². The van der Waals surface area contributed by atoms with E-state index in [0.29, 0.717) is 0 Å². The van der Waals surface area contributed by atoms with Gasteiger partial charge in [0.2, 0.25) is 0 Å². The fourth-order valence-electron chi connectivity index (χ4n) is 1.15. The summed E-state index contributed by atoms with van der Waals surface area (Å²) < 4.78 is 2.59. The number of aryl methyl sites for hydroxylation is 1. The molecule has 0 radical (unpaired) electrons. The summed E-state index contributed by atoms with van der Waals surface area (Å²) in [4.78, 5) is 4.40. The van der Waals surface area contributed by atoms with Gasteiger partial charge in [-0.25, -0.2) is 4.98 Å². The van der Waals surface area contributed by atoms with Crippen LogP contribution in [-0.4, -0.2) is 21.8 Å². The molecule has 0 aliphatic carbocycles. The number of nitrogens with one attached hydrogen (secondary N) is 1. The quantitative estimate of drug-likeness (QED) is 0.913. The van der Waals surface area contributed by atoms with Crippen molar-refractivity contribution in [1.29, 1.82) is 0 Å². The molecule has 14 heavy (non-hydrogen) atoms. The van der Waals surface area contributed by atoms with Gasteiger partial charge in [-0.3, -0.25) is 4.68 Å². The number of hydrogen-bond acceptors (Lipinski definition) is 4. The number of rotatable bonds is 2. The molecular formula is C8H9BrN4S. The fraction of sp³-hybridized carbons (Fsp3) is 0.250. The molecule has 0 aliphatic rings. The van der Waals surface area contributed by atoms with E-state index in [0.717, 1.165) is 21.0 Å². The van der Waals surface area contributed by atoms with Crippen molar-refractivity contribution >= 4 is 32.4 Å². The lowest BCUT2D eigenvalue weighted by atomic mass is 10.3. The first kappa shape index (κ1) is 9.67. The second kappa shape index (κ2) is 3.70. The Kier molecular flexibility index (Phi) is 2.56. The first-order chi connectivity index (χ1) is 6.70. The molecule has 2 aromatic rings. The minimum Gasteiger partial charge on any atom is -0.365 e. The Morgan fingerprint density at radius 3 is 2.86 bits per heavy atom. The Morgan fingerprint density at radius 2 is 2.36 bits per heavy atom. The largest absolute Gasteiger partial charge is 0.365 e. The molecule has 4 nitrogen and oxygen atoms in total. The molecule has 0 fully saturated rings. The summed E-state index contributed by atoms with van der Waals surface area (Å²) in [5, 5.41) is 10.1.